The number of hydrogen-bond acceptors (Lipinski definition) is 4. The van der Waals surface area contributed by atoms with Gasteiger partial charge >= 0.3 is 5.97 Å². The van der Waals surface area contributed by atoms with E-state index in [1.54, 1.807) is 6.20 Å². The highest BCUT2D eigenvalue weighted by Crippen LogP contribution is 2.17. The maximum absolute atomic E-state index is 12.0. The lowest BCUT2D eigenvalue weighted by atomic mass is 10.1. The quantitative estimate of drug-likeness (QED) is 0.863. The molecule has 2 rings (SSSR count). The molecular formula is C15H16N2O3. The average molecular weight is 272 g/mol. The molecule has 0 unspecified atom stereocenters. The Kier molecular flexibility index (Phi) is 4.30. The van der Waals surface area contributed by atoms with Gasteiger partial charge < -0.3 is 10.1 Å². The first-order valence-electron chi connectivity index (χ1n) is 6.37. The molecule has 104 valence electrons. The van der Waals surface area contributed by atoms with Crippen LogP contribution in [-0.4, -0.2) is 29.5 Å². The van der Waals surface area contributed by atoms with Crippen molar-refractivity contribution in [1.82, 2.24) is 10.3 Å². The van der Waals surface area contributed by atoms with Crippen molar-refractivity contribution in [2.75, 3.05) is 6.61 Å². The van der Waals surface area contributed by atoms with Gasteiger partial charge in [-0.2, -0.15) is 0 Å². The Bertz CT molecular complexity index is 633. The number of aromatic nitrogens is 1. The van der Waals surface area contributed by atoms with Crippen LogP contribution in [0.2, 0.25) is 0 Å². The van der Waals surface area contributed by atoms with Crippen LogP contribution in [0.15, 0.2) is 36.7 Å². The van der Waals surface area contributed by atoms with Gasteiger partial charge in [-0.25, -0.2) is 4.79 Å². The number of benzene rings is 1. The summed E-state index contributed by atoms with van der Waals surface area (Å²) in [4.78, 5) is 27.5. The zero-order chi connectivity index (χ0) is 14.5. The molecule has 5 heteroatoms. The Morgan fingerprint density at radius 1 is 1.25 bits per heavy atom. The van der Waals surface area contributed by atoms with E-state index in [-0.39, 0.29) is 18.6 Å². The Morgan fingerprint density at radius 2 is 2.00 bits per heavy atom. The minimum absolute atomic E-state index is 0.0143. The molecular weight excluding hydrogens is 256 g/mol. The monoisotopic (exact) mass is 272 g/mol. The fourth-order valence-corrected chi connectivity index (χ4v) is 1.85. The summed E-state index contributed by atoms with van der Waals surface area (Å²) in [6.45, 7) is 3.39. The largest absolute Gasteiger partial charge is 0.452 e. The van der Waals surface area contributed by atoms with Gasteiger partial charge in [0, 0.05) is 23.8 Å². The third-order valence-electron chi connectivity index (χ3n) is 2.67. The van der Waals surface area contributed by atoms with Gasteiger partial charge in [-0.1, -0.05) is 24.3 Å². The predicted octanol–water partition coefficient (Wildman–Crippen LogP) is 1.92. The van der Waals surface area contributed by atoms with Crippen molar-refractivity contribution in [1.29, 1.82) is 0 Å². The third-order valence-corrected chi connectivity index (χ3v) is 2.67. The van der Waals surface area contributed by atoms with Crippen molar-refractivity contribution in [3.05, 3.63) is 42.2 Å². The summed E-state index contributed by atoms with van der Waals surface area (Å²) < 4.78 is 5.01. The number of nitrogens with one attached hydrogen (secondary N) is 1. The number of carbonyl (C=O) groups is 2. The summed E-state index contributed by atoms with van der Waals surface area (Å²) in [6, 6.07) is 7.41. The molecule has 0 bridgehead atoms. The molecule has 0 spiro atoms. The highest BCUT2D eigenvalue weighted by molar-refractivity contribution is 6.04. The maximum Gasteiger partial charge on any atom is 0.340 e. The normalized spacial score (nSPS) is 10.6. The predicted molar refractivity (Wildman–Crippen MR) is 75.3 cm³/mol. The fourth-order valence-electron chi connectivity index (χ4n) is 1.85. The van der Waals surface area contributed by atoms with Crippen molar-refractivity contribution in [2.45, 2.75) is 19.9 Å². The maximum atomic E-state index is 12.0. The molecule has 5 nitrogen and oxygen atoms in total. The number of ether oxygens (including phenoxy) is 1. The minimum Gasteiger partial charge on any atom is -0.452 e. The van der Waals surface area contributed by atoms with Gasteiger partial charge in [-0.3, -0.25) is 9.78 Å². The van der Waals surface area contributed by atoms with Gasteiger partial charge in [0.1, 0.15) is 0 Å². The van der Waals surface area contributed by atoms with Crippen molar-refractivity contribution in [2.24, 2.45) is 0 Å². The van der Waals surface area contributed by atoms with Crippen molar-refractivity contribution < 1.29 is 14.3 Å². The Labute approximate surface area is 117 Å². The van der Waals surface area contributed by atoms with Gasteiger partial charge in [-0.15, -0.1) is 0 Å². The zero-order valence-corrected chi connectivity index (χ0v) is 11.4. The smallest absolute Gasteiger partial charge is 0.340 e. The number of pyridine rings is 1. The minimum atomic E-state index is -0.548. The number of hydrogen-bond donors (Lipinski definition) is 1. The third kappa shape index (κ3) is 3.32. The number of esters is 1. The molecule has 1 aromatic heterocycles. The second kappa shape index (κ2) is 6.14. The van der Waals surface area contributed by atoms with Crippen molar-refractivity contribution in [3.63, 3.8) is 0 Å². The molecule has 1 heterocycles. The van der Waals surface area contributed by atoms with Crippen LogP contribution < -0.4 is 5.32 Å². The Balaban J connectivity index is 2.10. The number of carbonyl (C=O) groups excluding carboxylic acids is 2. The summed E-state index contributed by atoms with van der Waals surface area (Å²) in [5.74, 6) is -0.866. The first-order chi connectivity index (χ1) is 9.58. The SMILES string of the molecule is CC(C)NC(=O)COC(=O)c1cncc2ccccc12. The van der Waals surface area contributed by atoms with Crippen molar-refractivity contribution >= 4 is 22.6 Å². The number of nitrogens with zero attached hydrogens (tertiary/aromatic N) is 1. The second-order valence-corrected chi connectivity index (χ2v) is 4.71. The molecule has 2 aromatic rings. The molecule has 0 radical (unpaired) electrons. The summed E-state index contributed by atoms with van der Waals surface area (Å²) >= 11 is 0. The molecule has 0 saturated heterocycles. The lowest BCUT2D eigenvalue weighted by Crippen LogP contribution is -2.34. The van der Waals surface area contributed by atoms with Crippen LogP contribution in [0, 0.1) is 0 Å². The van der Waals surface area contributed by atoms with Gasteiger partial charge in [0.05, 0.1) is 5.56 Å². The average Bonchev–Trinajstić information content (AvgIpc) is 2.43. The van der Waals surface area contributed by atoms with Gasteiger partial charge in [0.25, 0.3) is 5.91 Å². The molecule has 1 N–H and O–H groups in total. The Morgan fingerprint density at radius 3 is 2.75 bits per heavy atom. The van der Waals surface area contributed by atoms with Gasteiger partial charge in [0.2, 0.25) is 0 Å². The topological polar surface area (TPSA) is 68.3 Å². The second-order valence-electron chi connectivity index (χ2n) is 4.71. The number of rotatable bonds is 4. The Hall–Kier alpha value is -2.43. The highest BCUT2D eigenvalue weighted by atomic mass is 16.5. The van der Waals surface area contributed by atoms with Crippen LogP contribution in [0.3, 0.4) is 0 Å². The zero-order valence-electron chi connectivity index (χ0n) is 11.4. The van der Waals surface area contributed by atoms with Crippen LogP contribution >= 0.6 is 0 Å². The van der Waals surface area contributed by atoms with E-state index in [0.29, 0.717) is 5.56 Å². The lowest BCUT2D eigenvalue weighted by Gasteiger charge is -2.09. The van der Waals surface area contributed by atoms with Crippen LogP contribution in [-0.2, 0) is 9.53 Å². The van der Waals surface area contributed by atoms with E-state index < -0.39 is 5.97 Å². The summed E-state index contributed by atoms with van der Waals surface area (Å²) in [6.07, 6.45) is 3.13. The van der Waals surface area contributed by atoms with E-state index in [2.05, 4.69) is 10.3 Å². The first kappa shape index (κ1) is 14.0. The van der Waals surface area contributed by atoms with Crippen LogP contribution in [0.1, 0.15) is 24.2 Å². The van der Waals surface area contributed by atoms with E-state index >= 15 is 0 Å². The molecule has 0 aliphatic carbocycles. The molecule has 0 atom stereocenters. The first-order valence-corrected chi connectivity index (χ1v) is 6.37. The number of amides is 1. The van der Waals surface area contributed by atoms with Crippen LogP contribution in [0.25, 0.3) is 10.8 Å². The van der Waals surface area contributed by atoms with Gasteiger partial charge in [-0.05, 0) is 19.2 Å². The molecule has 20 heavy (non-hydrogen) atoms. The highest BCUT2D eigenvalue weighted by Gasteiger charge is 2.13. The number of fused-ring (bicyclic) bond motifs is 1. The van der Waals surface area contributed by atoms with E-state index in [1.807, 2.05) is 38.1 Å². The molecule has 1 amide bonds. The summed E-state index contributed by atoms with van der Waals surface area (Å²) in [7, 11) is 0. The summed E-state index contributed by atoms with van der Waals surface area (Å²) in [5, 5.41) is 4.27. The summed E-state index contributed by atoms with van der Waals surface area (Å²) in [5.41, 5.74) is 0.362. The lowest BCUT2D eigenvalue weighted by molar-refractivity contribution is -0.124. The van der Waals surface area contributed by atoms with E-state index in [1.165, 1.54) is 6.20 Å². The van der Waals surface area contributed by atoms with Crippen LogP contribution in [0.5, 0.6) is 0 Å². The van der Waals surface area contributed by atoms with E-state index in [0.717, 1.165) is 10.8 Å². The van der Waals surface area contributed by atoms with Crippen molar-refractivity contribution in [3.8, 4) is 0 Å². The molecule has 0 aliphatic rings. The molecule has 0 aliphatic heterocycles. The molecule has 0 saturated carbocycles. The van der Waals surface area contributed by atoms with E-state index in [4.69, 9.17) is 4.74 Å². The van der Waals surface area contributed by atoms with Gasteiger partial charge in [0.15, 0.2) is 6.61 Å². The standard InChI is InChI=1S/C15H16N2O3/c1-10(2)17-14(18)9-20-15(19)13-8-16-7-11-5-3-4-6-12(11)13/h3-8,10H,9H2,1-2H3,(H,17,18). The van der Waals surface area contributed by atoms with Crippen LogP contribution in [0.4, 0.5) is 0 Å². The van der Waals surface area contributed by atoms with E-state index in [9.17, 15) is 9.59 Å². The molecule has 0 fully saturated rings. The fraction of sp³-hybridized carbons (Fsp3) is 0.267. The molecule has 1 aromatic carbocycles.